The van der Waals surface area contributed by atoms with Crippen LogP contribution in [0.4, 0.5) is 0 Å². The van der Waals surface area contributed by atoms with E-state index < -0.39 is 5.60 Å². The molecule has 2 rings (SSSR count). The molecule has 0 bridgehead atoms. The zero-order valence-corrected chi connectivity index (χ0v) is 11.8. The minimum Gasteiger partial charge on any atom is -0.390 e. The van der Waals surface area contributed by atoms with Gasteiger partial charge in [0, 0.05) is 12.5 Å². The summed E-state index contributed by atoms with van der Waals surface area (Å²) in [6.45, 7) is 4.25. The lowest BCUT2D eigenvalue weighted by molar-refractivity contribution is -0.00255. The summed E-state index contributed by atoms with van der Waals surface area (Å²) in [7, 11) is 2.01. The molecular formula is C16H25NO. The maximum Gasteiger partial charge on any atom is 0.0689 e. The Kier molecular flexibility index (Phi) is 4.08. The molecule has 1 aromatic rings. The lowest BCUT2D eigenvalue weighted by Crippen LogP contribution is -2.41. The van der Waals surface area contributed by atoms with Crippen LogP contribution in [0, 0.1) is 13.8 Å². The molecule has 100 valence electrons. The molecule has 0 heterocycles. The summed E-state index contributed by atoms with van der Waals surface area (Å²) in [5.41, 5.74) is 3.39. The SMILES string of the molecule is CNC1CCC(O)(Cc2cc(C)ccc2C)CC1. The van der Waals surface area contributed by atoms with E-state index >= 15 is 0 Å². The molecule has 1 fully saturated rings. The summed E-state index contributed by atoms with van der Waals surface area (Å²) in [6, 6.07) is 7.11. The van der Waals surface area contributed by atoms with Crippen LogP contribution in [-0.2, 0) is 6.42 Å². The molecule has 2 nitrogen and oxygen atoms in total. The van der Waals surface area contributed by atoms with Crippen molar-refractivity contribution in [3.63, 3.8) is 0 Å². The predicted molar refractivity (Wildman–Crippen MR) is 75.9 cm³/mol. The Morgan fingerprint density at radius 1 is 1.28 bits per heavy atom. The average Bonchev–Trinajstić information content (AvgIpc) is 2.35. The van der Waals surface area contributed by atoms with Gasteiger partial charge in [-0.05, 0) is 57.7 Å². The second-order valence-electron chi connectivity index (χ2n) is 5.89. The van der Waals surface area contributed by atoms with Gasteiger partial charge in [0.25, 0.3) is 0 Å². The van der Waals surface area contributed by atoms with E-state index in [9.17, 15) is 5.11 Å². The van der Waals surface area contributed by atoms with E-state index in [2.05, 4.69) is 37.4 Å². The fourth-order valence-corrected chi connectivity index (χ4v) is 2.97. The first-order valence-corrected chi connectivity index (χ1v) is 6.98. The van der Waals surface area contributed by atoms with Crippen LogP contribution in [0.25, 0.3) is 0 Å². The van der Waals surface area contributed by atoms with Gasteiger partial charge in [0.2, 0.25) is 0 Å². The number of benzene rings is 1. The molecule has 0 atom stereocenters. The first-order chi connectivity index (χ1) is 8.52. The van der Waals surface area contributed by atoms with E-state index in [4.69, 9.17) is 0 Å². The van der Waals surface area contributed by atoms with Gasteiger partial charge in [-0.1, -0.05) is 23.8 Å². The van der Waals surface area contributed by atoms with Crippen molar-refractivity contribution in [2.45, 2.75) is 57.6 Å². The minimum atomic E-state index is -0.494. The van der Waals surface area contributed by atoms with Gasteiger partial charge in [-0.2, -0.15) is 0 Å². The Labute approximate surface area is 110 Å². The first kappa shape index (κ1) is 13.6. The maximum absolute atomic E-state index is 10.7. The van der Waals surface area contributed by atoms with Crippen LogP contribution in [0.15, 0.2) is 18.2 Å². The molecule has 0 saturated heterocycles. The van der Waals surface area contributed by atoms with Gasteiger partial charge in [-0.3, -0.25) is 0 Å². The first-order valence-electron chi connectivity index (χ1n) is 6.98. The molecule has 0 aliphatic heterocycles. The molecule has 0 amide bonds. The summed E-state index contributed by atoms with van der Waals surface area (Å²) >= 11 is 0. The summed E-state index contributed by atoms with van der Waals surface area (Å²) < 4.78 is 0. The van der Waals surface area contributed by atoms with Crippen LogP contribution in [0.2, 0.25) is 0 Å². The van der Waals surface area contributed by atoms with Crippen LogP contribution >= 0.6 is 0 Å². The van der Waals surface area contributed by atoms with E-state index in [1.165, 1.54) is 16.7 Å². The van der Waals surface area contributed by atoms with Crippen molar-refractivity contribution >= 4 is 0 Å². The van der Waals surface area contributed by atoms with Crippen molar-refractivity contribution in [1.29, 1.82) is 0 Å². The second kappa shape index (κ2) is 5.41. The fraction of sp³-hybridized carbons (Fsp3) is 0.625. The Hall–Kier alpha value is -0.860. The third kappa shape index (κ3) is 3.12. The van der Waals surface area contributed by atoms with Gasteiger partial charge in [-0.25, -0.2) is 0 Å². The Morgan fingerprint density at radius 3 is 2.56 bits per heavy atom. The number of rotatable bonds is 3. The smallest absolute Gasteiger partial charge is 0.0689 e. The molecule has 1 saturated carbocycles. The van der Waals surface area contributed by atoms with Crippen molar-refractivity contribution in [1.82, 2.24) is 5.32 Å². The summed E-state index contributed by atoms with van der Waals surface area (Å²) in [5, 5.41) is 14.0. The Bertz CT molecular complexity index is 406. The van der Waals surface area contributed by atoms with Crippen LogP contribution in [0.1, 0.15) is 42.4 Å². The molecular weight excluding hydrogens is 222 g/mol. The average molecular weight is 247 g/mol. The molecule has 2 N–H and O–H groups in total. The van der Waals surface area contributed by atoms with Crippen molar-refractivity contribution in [2.75, 3.05) is 7.05 Å². The maximum atomic E-state index is 10.7. The highest BCUT2D eigenvalue weighted by atomic mass is 16.3. The highest BCUT2D eigenvalue weighted by molar-refractivity contribution is 5.31. The van der Waals surface area contributed by atoms with Crippen LogP contribution in [0.5, 0.6) is 0 Å². The van der Waals surface area contributed by atoms with Gasteiger partial charge >= 0.3 is 0 Å². The Morgan fingerprint density at radius 2 is 1.94 bits per heavy atom. The second-order valence-corrected chi connectivity index (χ2v) is 5.89. The van der Waals surface area contributed by atoms with Crippen LogP contribution < -0.4 is 5.32 Å². The number of aliphatic hydroxyl groups is 1. The largest absolute Gasteiger partial charge is 0.390 e. The molecule has 1 aliphatic carbocycles. The van der Waals surface area contributed by atoms with Crippen molar-refractivity contribution in [3.05, 3.63) is 34.9 Å². The van der Waals surface area contributed by atoms with E-state index in [0.717, 1.165) is 32.1 Å². The van der Waals surface area contributed by atoms with Gasteiger partial charge in [-0.15, -0.1) is 0 Å². The van der Waals surface area contributed by atoms with Gasteiger partial charge in [0.15, 0.2) is 0 Å². The third-order valence-corrected chi connectivity index (χ3v) is 4.35. The molecule has 0 radical (unpaired) electrons. The fourth-order valence-electron chi connectivity index (χ4n) is 2.97. The molecule has 2 heteroatoms. The van der Waals surface area contributed by atoms with Crippen molar-refractivity contribution in [2.24, 2.45) is 0 Å². The molecule has 0 spiro atoms. The molecule has 0 unspecified atom stereocenters. The standard InChI is InChI=1S/C16H25NO/c1-12-4-5-13(2)14(10-12)11-16(18)8-6-15(17-3)7-9-16/h4-5,10,15,17-18H,6-9,11H2,1-3H3. The van der Waals surface area contributed by atoms with Gasteiger partial charge < -0.3 is 10.4 Å². The lowest BCUT2D eigenvalue weighted by Gasteiger charge is -2.36. The Balaban J connectivity index is 2.06. The molecule has 0 aromatic heterocycles. The lowest BCUT2D eigenvalue weighted by atomic mass is 9.78. The highest BCUT2D eigenvalue weighted by Gasteiger charge is 2.33. The highest BCUT2D eigenvalue weighted by Crippen LogP contribution is 2.32. The predicted octanol–water partition coefficient (Wildman–Crippen LogP) is 2.74. The number of nitrogens with one attached hydrogen (secondary N) is 1. The zero-order chi connectivity index (χ0) is 13.2. The molecule has 18 heavy (non-hydrogen) atoms. The summed E-state index contributed by atoms with van der Waals surface area (Å²) in [5.74, 6) is 0. The van der Waals surface area contributed by atoms with E-state index in [1.807, 2.05) is 7.05 Å². The zero-order valence-electron chi connectivity index (χ0n) is 11.8. The van der Waals surface area contributed by atoms with E-state index in [-0.39, 0.29) is 0 Å². The van der Waals surface area contributed by atoms with Crippen LogP contribution in [-0.4, -0.2) is 23.8 Å². The monoisotopic (exact) mass is 247 g/mol. The van der Waals surface area contributed by atoms with Crippen molar-refractivity contribution < 1.29 is 5.11 Å². The normalized spacial score (nSPS) is 28.3. The van der Waals surface area contributed by atoms with Crippen molar-refractivity contribution in [3.8, 4) is 0 Å². The summed E-state index contributed by atoms with van der Waals surface area (Å²) in [4.78, 5) is 0. The number of hydrogen-bond acceptors (Lipinski definition) is 2. The van der Waals surface area contributed by atoms with E-state index in [1.54, 1.807) is 0 Å². The van der Waals surface area contributed by atoms with Gasteiger partial charge in [0.1, 0.15) is 0 Å². The van der Waals surface area contributed by atoms with E-state index in [0.29, 0.717) is 6.04 Å². The number of hydrogen-bond donors (Lipinski definition) is 2. The molecule has 1 aliphatic rings. The quantitative estimate of drug-likeness (QED) is 0.861. The molecule has 1 aromatic carbocycles. The number of aryl methyl sites for hydroxylation is 2. The summed E-state index contributed by atoms with van der Waals surface area (Å²) in [6.07, 6.45) is 4.78. The third-order valence-electron chi connectivity index (χ3n) is 4.35. The van der Waals surface area contributed by atoms with Crippen LogP contribution in [0.3, 0.4) is 0 Å². The minimum absolute atomic E-state index is 0.494. The topological polar surface area (TPSA) is 32.3 Å². The van der Waals surface area contributed by atoms with Gasteiger partial charge in [0.05, 0.1) is 5.60 Å².